The summed E-state index contributed by atoms with van der Waals surface area (Å²) in [7, 11) is 0. The van der Waals surface area contributed by atoms with Crippen molar-refractivity contribution in [2.75, 3.05) is 16.5 Å². The zero-order chi connectivity index (χ0) is 31.0. The number of benzene rings is 4. The Morgan fingerprint density at radius 3 is 2.30 bits per heavy atom. The summed E-state index contributed by atoms with van der Waals surface area (Å²) < 4.78 is 8.91. The Balaban J connectivity index is 1.08. The monoisotopic (exact) mass is 604 g/mol. The van der Waals surface area contributed by atoms with Crippen molar-refractivity contribution in [3.63, 3.8) is 0 Å². The standard InChI is InChI=1S/C41H40N4O/c1-40(2,3)29-19-22-42-39(23-29)45-35-12-5-4-11-33(35)34-16-15-32(25-38(34)45)46-31-10-8-9-30(24-31)43-27-44(37-14-7-6-13-36(37)43)41-20-17-28(26-41)18-21-41/h4-16,19,22-25,28H,17-18,20-21,26-27H2,1-3H3. The van der Waals surface area contributed by atoms with Crippen LogP contribution in [0.1, 0.15) is 58.4 Å². The first-order chi connectivity index (χ1) is 22.4. The number of aromatic nitrogens is 2. The third kappa shape index (κ3) is 4.32. The lowest BCUT2D eigenvalue weighted by molar-refractivity contribution is 0.390. The van der Waals surface area contributed by atoms with Gasteiger partial charge in [0, 0.05) is 40.3 Å². The van der Waals surface area contributed by atoms with E-state index >= 15 is 0 Å². The molecule has 0 unspecified atom stereocenters. The van der Waals surface area contributed by atoms with Crippen LogP contribution in [-0.2, 0) is 5.41 Å². The van der Waals surface area contributed by atoms with Crippen LogP contribution in [0.25, 0.3) is 27.6 Å². The van der Waals surface area contributed by atoms with Gasteiger partial charge in [0.15, 0.2) is 0 Å². The van der Waals surface area contributed by atoms with Gasteiger partial charge in [-0.05, 0) is 104 Å². The van der Waals surface area contributed by atoms with E-state index in [0.717, 1.165) is 46.6 Å². The molecule has 2 aromatic heterocycles. The second-order valence-corrected chi connectivity index (χ2v) is 14.6. The first kappa shape index (κ1) is 27.5. The first-order valence-corrected chi connectivity index (χ1v) is 16.8. The van der Waals surface area contributed by atoms with E-state index in [4.69, 9.17) is 9.72 Å². The molecule has 0 amide bonds. The Morgan fingerprint density at radius 2 is 1.50 bits per heavy atom. The Bertz CT molecular complexity index is 2110. The number of anilines is 3. The number of fused-ring (bicyclic) bond motifs is 6. The van der Waals surface area contributed by atoms with Gasteiger partial charge >= 0.3 is 0 Å². The molecule has 0 saturated heterocycles. The van der Waals surface area contributed by atoms with Crippen LogP contribution in [-0.4, -0.2) is 21.8 Å². The van der Waals surface area contributed by atoms with Gasteiger partial charge in [0.2, 0.25) is 0 Å². The lowest BCUT2D eigenvalue weighted by Crippen LogP contribution is -2.46. The number of para-hydroxylation sites is 3. The van der Waals surface area contributed by atoms with Gasteiger partial charge in [-0.1, -0.05) is 57.2 Å². The van der Waals surface area contributed by atoms with E-state index < -0.39 is 0 Å². The van der Waals surface area contributed by atoms with Gasteiger partial charge in [-0.25, -0.2) is 4.98 Å². The van der Waals surface area contributed by atoms with Crippen molar-refractivity contribution in [1.82, 2.24) is 9.55 Å². The molecule has 0 atom stereocenters. The normalized spacial score (nSPS) is 20.6. The van der Waals surface area contributed by atoms with Gasteiger partial charge in [-0.2, -0.15) is 0 Å². The van der Waals surface area contributed by atoms with Crippen molar-refractivity contribution in [3.8, 4) is 17.3 Å². The van der Waals surface area contributed by atoms with Crippen molar-refractivity contribution < 1.29 is 4.74 Å². The first-order valence-electron chi connectivity index (χ1n) is 16.8. The summed E-state index contributed by atoms with van der Waals surface area (Å²) in [5.74, 6) is 3.48. The van der Waals surface area contributed by atoms with Crippen LogP contribution in [0.3, 0.4) is 0 Å². The minimum atomic E-state index is 0.0267. The van der Waals surface area contributed by atoms with Crippen LogP contribution in [0.5, 0.6) is 11.5 Å². The highest BCUT2D eigenvalue weighted by molar-refractivity contribution is 6.09. The van der Waals surface area contributed by atoms with E-state index in [9.17, 15) is 0 Å². The molecule has 0 N–H and O–H groups in total. The van der Waals surface area contributed by atoms with Crippen molar-refractivity contribution in [3.05, 3.63) is 115 Å². The smallest absolute Gasteiger partial charge is 0.137 e. The summed E-state index contributed by atoms with van der Waals surface area (Å²) in [6.45, 7) is 7.63. The highest BCUT2D eigenvalue weighted by Crippen LogP contribution is 2.56. The van der Waals surface area contributed by atoms with Gasteiger partial charge in [0.05, 0.1) is 29.1 Å². The van der Waals surface area contributed by atoms with Crippen LogP contribution in [0.15, 0.2) is 109 Å². The fourth-order valence-electron chi connectivity index (χ4n) is 8.50. The number of hydrogen-bond acceptors (Lipinski definition) is 4. The van der Waals surface area contributed by atoms with Crippen LogP contribution in [0, 0.1) is 5.92 Å². The Morgan fingerprint density at radius 1 is 0.739 bits per heavy atom. The number of hydrogen-bond donors (Lipinski definition) is 0. The molecular formula is C41H40N4O. The second-order valence-electron chi connectivity index (χ2n) is 14.6. The fraction of sp³-hybridized carbons (Fsp3) is 0.293. The van der Waals surface area contributed by atoms with E-state index in [2.05, 4.69) is 138 Å². The SMILES string of the molecule is CC(C)(C)c1ccnc(-n2c3ccccc3c3ccc(Oc4cccc(N5CN(C67CCC(CC6)C7)c6ccccc65)c4)cc32)c1. The van der Waals surface area contributed by atoms with Crippen molar-refractivity contribution >= 4 is 38.9 Å². The third-order valence-electron chi connectivity index (χ3n) is 10.9. The Hall–Kier alpha value is -4.77. The molecule has 2 fully saturated rings. The molecule has 6 aromatic rings. The number of rotatable bonds is 5. The maximum absolute atomic E-state index is 6.64. The van der Waals surface area contributed by atoms with Crippen molar-refractivity contribution in [2.45, 2.75) is 63.8 Å². The average molecular weight is 605 g/mol. The number of pyridine rings is 1. The number of ether oxygens (including phenoxy) is 1. The van der Waals surface area contributed by atoms with Gasteiger partial charge in [-0.3, -0.25) is 4.57 Å². The highest BCUT2D eigenvalue weighted by Gasteiger charge is 2.51. The van der Waals surface area contributed by atoms with E-state index in [1.165, 1.54) is 59.8 Å². The van der Waals surface area contributed by atoms with Crippen molar-refractivity contribution in [2.24, 2.45) is 5.92 Å². The van der Waals surface area contributed by atoms with Crippen LogP contribution in [0.4, 0.5) is 17.1 Å². The molecule has 2 saturated carbocycles. The molecule has 5 nitrogen and oxygen atoms in total. The van der Waals surface area contributed by atoms with Crippen LogP contribution >= 0.6 is 0 Å². The van der Waals surface area contributed by atoms with E-state index in [1.54, 1.807) is 0 Å². The molecule has 46 heavy (non-hydrogen) atoms. The van der Waals surface area contributed by atoms with E-state index in [-0.39, 0.29) is 5.41 Å². The molecule has 9 rings (SSSR count). The molecule has 4 aromatic carbocycles. The lowest BCUT2D eigenvalue weighted by atomic mass is 9.88. The van der Waals surface area contributed by atoms with Crippen LogP contribution in [0.2, 0.25) is 0 Å². The molecule has 3 heterocycles. The summed E-state index contributed by atoms with van der Waals surface area (Å²) >= 11 is 0. The maximum atomic E-state index is 6.64. The molecule has 5 heteroatoms. The third-order valence-corrected chi connectivity index (χ3v) is 10.9. The molecule has 2 bridgehead atoms. The summed E-state index contributed by atoms with van der Waals surface area (Å²) in [5.41, 5.74) is 7.66. The van der Waals surface area contributed by atoms with Gasteiger partial charge in [0.1, 0.15) is 17.3 Å². The minimum absolute atomic E-state index is 0.0267. The summed E-state index contributed by atoms with van der Waals surface area (Å²) in [4.78, 5) is 10.0. The van der Waals surface area contributed by atoms with Crippen LogP contribution < -0.4 is 14.5 Å². The predicted octanol–water partition coefficient (Wildman–Crippen LogP) is 10.5. The summed E-state index contributed by atoms with van der Waals surface area (Å²) in [6.07, 6.45) is 8.66. The molecule has 2 aliphatic carbocycles. The summed E-state index contributed by atoms with van der Waals surface area (Å²) in [6, 6.07) is 36.9. The lowest BCUT2D eigenvalue weighted by Gasteiger charge is -2.39. The van der Waals surface area contributed by atoms with E-state index in [0.29, 0.717) is 5.54 Å². The molecular weight excluding hydrogens is 564 g/mol. The number of nitrogens with zero attached hydrogens (tertiary/aromatic N) is 4. The molecule has 1 aliphatic heterocycles. The van der Waals surface area contributed by atoms with E-state index in [1.807, 2.05) is 6.20 Å². The Labute approximate surface area is 271 Å². The largest absolute Gasteiger partial charge is 0.457 e. The zero-order valence-electron chi connectivity index (χ0n) is 26.9. The molecule has 3 aliphatic rings. The molecule has 0 spiro atoms. The predicted molar refractivity (Wildman–Crippen MR) is 189 cm³/mol. The zero-order valence-corrected chi connectivity index (χ0v) is 26.9. The molecule has 0 radical (unpaired) electrons. The Kier molecular flexibility index (Phi) is 6.06. The van der Waals surface area contributed by atoms with Gasteiger partial charge in [0.25, 0.3) is 0 Å². The van der Waals surface area contributed by atoms with Gasteiger partial charge in [-0.15, -0.1) is 0 Å². The maximum Gasteiger partial charge on any atom is 0.137 e. The van der Waals surface area contributed by atoms with Gasteiger partial charge < -0.3 is 14.5 Å². The topological polar surface area (TPSA) is 33.5 Å². The van der Waals surface area contributed by atoms with Crippen molar-refractivity contribution in [1.29, 1.82) is 0 Å². The quantitative estimate of drug-likeness (QED) is 0.196. The minimum Gasteiger partial charge on any atom is -0.457 e. The summed E-state index contributed by atoms with van der Waals surface area (Å²) in [5, 5.41) is 2.40. The average Bonchev–Trinajstić information content (AvgIpc) is 3.85. The second kappa shape index (κ2) is 10.1. The molecule has 230 valence electrons. The highest BCUT2D eigenvalue weighted by atomic mass is 16.5. The fourth-order valence-corrected chi connectivity index (χ4v) is 8.50.